The maximum absolute atomic E-state index is 12.3. The van der Waals surface area contributed by atoms with Crippen molar-refractivity contribution < 1.29 is 19.0 Å². The van der Waals surface area contributed by atoms with E-state index < -0.39 is 5.92 Å². The molecule has 1 unspecified atom stereocenters. The minimum atomic E-state index is -0.475. The van der Waals surface area contributed by atoms with Gasteiger partial charge in [-0.1, -0.05) is 24.3 Å². The summed E-state index contributed by atoms with van der Waals surface area (Å²) in [7, 11) is 0. The molecule has 1 aliphatic carbocycles. The van der Waals surface area contributed by atoms with Crippen LogP contribution in [-0.4, -0.2) is 24.4 Å². The Hall–Kier alpha value is -1.42. The lowest BCUT2D eigenvalue weighted by Gasteiger charge is -2.28. The van der Waals surface area contributed by atoms with E-state index in [4.69, 9.17) is 9.84 Å². The Bertz CT molecular complexity index is 492. The highest BCUT2D eigenvalue weighted by atomic mass is 19.1. The Kier molecular flexibility index (Phi) is 7.70. The number of benzene rings is 1. The molecule has 0 spiro atoms. The molecule has 0 bridgehead atoms. The maximum Gasteiger partial charge on any atom is 0.311 e. The molecule has 0 heterocycles. The Balaban J connectivity index is 1.79. The summed E-state index contributed by atoms with van der Waals surface area (Å²) in [5.41, 5.74) is 2.31. The van der Waals surface area contributed by atoms with Crippen LogP contribution in [0, 0.1) is 11.8 Å². The van der Waals surface area contributed by atoms with Crippen molar-refractivity contribution >= 4 is 5.97 Å². The molecule has 0 aliphatic heterocycles. The third-order valence-corrected chi connectivity index (χ3v) is 5.10. The fraction of sp³-hybridized carbons (Fsp3) is 0.650. The lowest BCUT2D eigenvalue weighted by molar-refractivity contribution is -0.150. The molecule has 1 aromatic carbocycles. The van der Waals surface area contributed by atoms with Gasteiger partial charge >= 0.3 is 5.97 Å². The van der Waals surface area contributed by atoms with E-state index in [1.807, 2.05) is 12.1 Å². The molecule has 134 valence electrons. The first-order valence-corrected chi connectivity index (χ1v) is 9.06. The molecule has 3 nitrogen and oxygen atoms in total. The molecule has 1 atom stereocenters. The zero-order valence-electron chi connectivity index (χ0n) is 14.5. The van der Waals surface area contributed by atoms with Gasteiger partial charge in [-0.25, -0.2) is 0 Å². The second kappa shape index (κ2) is 9.77. The molecule has 0 saturated heterocycles. The molecule has 1 saturated carbocycles. The van der Waals surface area contributed by atoms with Crippen LogP contribution in [0.1, 0.15) is 62.5 Å². The monoisotopic (exact) mass is 336 g/mol. The summed E-state index contributed by atoms with van der Waals surface area (Å²) < 4.78 is 17.4. The van der Waals surface area contributed by atoms with Crippen LogP contribution in [0.4, 0.5) is 4.39 Å². The molecule has 24 heavy (non-hydrogen) atoms. The molecule has 1 fully saturated rings. The molecular weight excluding hydrogens is 307 g/mol. The predicted molar refractivity (Wildman–Crippen MR) is 92.4 cm³/mol. The van der Waals surface area contributed by atoms with Crippen molar-refractivity contribution in [3.63, 3.8) is 0 Å². The summed E-state index contributed by atoms with van der Waals surface area (Å²) in [6, 6.07) is 8.29. The van der Waals surface area contributed by atoms with Gasteiger partial charge in [0.05, 0.1) is 19.2 Å². The van der Waals surface area contributed by atoms with E-state index >= 15 is 0 Å². The van der Waals surface area contributed by atoms with Crippen LogP contribution in [0.3, 0.4) is 0 Å². The van der Waals surface area contributed by atoms with Crippen molar-refractivity contribution in [2.45, 2.75) is 58.0 Å². The van der Waals surface area contributed by atoms with Crippen molar-refractivity contribution in [2.24, 2.45) is 11.8 Å². The Labute approximate surface area is 144 Å². The van der Waals surface area contributed by atoms with Crippen LogP contribution in [0.25, 0.3) is 0 Å². The lowest BCUT2D eigenvalue weighted by atomic mass is 9.77. The van der Waals surface area contributed by atoms with E-state index in [0.717, 1.165) is 12.0 Å². The highest BCUT2D eigenvalue weighted by Gasteiger charge is 2.22. The Morgan fingerprint density at radius 1 is 1.25 bits per heavy atom. The molecule has 1 N–H and O–H groups in total. The van der Waals surface area contributed by atoms with Gasteiger partial charge < -0.3 is 9.84 Å². The number of aliphatic hydroxyl groups excluding tert-OH is 1. The first-order chi connectivity index (χ1) is 11.6. The van der Waals surface area contributed by atoms with Gasteiger partial charge in [0.1, 0.15) is 6.61 Å². The van der Waals surface area contributed by atoms with E-state index in [2.05, 4.69) is 12.1 Å². The summed E-state index contributed by atoms with van der Waals surface area (Å²) in [5.74, 6) is 0.451. The fourth-order valence-corrected chi connectivity index (χ4v) is 3.41. The van der Waals surface area contributed by atoms with E-state index in [-0.39, 0.29) is 25.9 Å². The Morgan fingerprint density at radius 2 is 1.92 bits per heavy atom. The highest BCUT2D eigenvalue weighted by Crippen LogP contribution is 2.37. The first-order valence-electron chi connectivity index (χ1n) is 9.06. The minimum Gasteiger partial charge on any atom is -0.461 e. The Morgan fingerprint density at radius 3 is 2.50 bits per heavy atom. The number of esters is 1. The third kappa shape index (κ3) is 5.59. The largest absolute Gasteiger partial charge is 0.461 e. The summed E-state index contributed by atoms with van der Waals surface area (Å²) in [6.07, 6.45) is 6.49. The van der Waals surface area contributed by atoms with Gasteiger partial charge in [0, 0.05) is 0 Å². The molecule has 2 rings (SSSR count). The molecule has 0 aromatic heterocycles. The summed E-state index contributed by atoms with van der Waals surface area (Å²) in [5, 5.41) is 8.93. The van der Waals surface area contributed by atoms with Gasteiger partial charge in [-0.3, -0.25) is 9.18 Å². The molecule has 1 aromatic rings. The van der Waals surface area contributed by atoms with Crippen molar-refractivity contribution in [3.05, 3.63) is 35.4 Å². The van der Waals surface area contributed by atoms with E-state index in [1.165, 1.54) is 31.2 Å². The molecule has 4 heteroatoms. The molecular formula is C20H29FO3. The second-order valence-electron chi connectivity index (χ2n) is 6.98. The van der Waals surface area contributed by atoms with E-state index in [0.29, 0.717) is 18.3 Å². The topological polar surface area (TPSA) is 46.5 Å². The minimum absolute atomic E-state index is 0.189. The normalized spacial score (nSPS) is 22.1. The third-order valence-electron chi connectivity index (χ3n) is 5.10. The average molecular weight is 336 g/mol. The van der Waals surface area contributed by atoms with Gasteiger partial charge in [0.25, 0.3) is 0 Å². The molecule has 0 amide bonds. The zero-order valence-corrected chi connectivity index (χ0v) is 14.5. The molecule has 0 radical (unpaired) electrons. The lowest BCUT2D eigenvalue weighted by Crippen LogP contribution is -2.17. The summed E-state index contributed by atoms with van der Waals surface area (Å²) in [4.78, 5) is 11.6. The number of hydrogen-bond acceptors (Lipinski definition) is 3. The number of hydrogen-bond donors (Lipinski definition) is 1. The number of carbonyl (C=O) groups is 1. The summed E-state index contributed by atoms with van der Waals surface area (Å²) >= 11 is 0. The van der Waals surface area contributed by atoms with Gasteiger partial charge in [-0.05, 0) is 68.4 Å². The predicted octanol–water partition coefficient (Wildman–Crippen LogP) is 4.38. The number of alkyl halides is 1. The average Bonchev–Trinajstić information content (AvgIpc) is 2.64. The van der Waals surface area contributed by atoms with Crippen molar-refractivity contribution in [2.75, 3.05) is 13.3 Å². The fourth-order valence-electron chi connectivity index (χ4n) is 3.41. The van der Waals surface area contributed by atoms with Crippen LogP contribution >= 0.6 is 0 Å². The number of carbonyl (C=O) groups excluding carboxylic acids is 1. The zero-order chi connectivity index (χ0) is 17.4. The van der Waals surface area contributed by atoms with Crippen LogP contribution < -0.4 is 0 Å². The number of rotatable bonds is 8. The van der Waals surface area contributed by atoms with Crippen LogP contribution in [0.15, 0.2) is 24.3 Å². The quantitative estimate of drug-likeness (QED) is 0.717. The van der Waals surface area contributed by atoms with Gasteiger partial charge in [-0.15, -0.1) is 0 Å². The van der Waals surface area contributed by atoms with Crippen LogP contribution in [0.5, 0.6) is 0 Å². The van der Waals surface area contributed by atoms with Gasteiger partial charge in [0.2, 0.25) is 0 Å². The molecule has 1 aliphatic rings. The van der Waals surface area contributed by atoms with Crippen molar-refractivity contribution in [3.8, 4) is 0 Å². The maximum atomic E-state index is 12.3. The van der Waals surface area contributed by atoms with E-state index in [9.17, 15) is 9.18 Å². The van der Waals surface area contributed by atoms with Crippen molar-refractivity contribution in [1.82, 2.24) is 0 Å². The highest BCUT2D eigenvalue weighted by molar-refractivity contribution is 5.72. The van der Waals surface area contributed by atoms with E-state index in [1.54, 1.807) is 6.92 Å². The van der Waals surface area contributed by atoms with Gasteiger partial charge in [0.15, 0.2) is 0 Å². The first kappa shape index (κ1) is 18.9. The van der Waals surface area contributed by atoms with Crippen LogP contribution in [-0.2, 0) is 16.1 Å². The van der Waals surface area contributed by atoms with Gasteiger partial charge in [-0.2, -0.15) is 0 Å². The van der Waals surface area contributed by atoms with Crippen molar-refractivity contribution in [1.29, 1.82) is 0 Å². The standard InChI is InChI=1S/C20H29FO3/c1-15(13-22)20(23)24-14-17-6-10-19(11-7-17)18-8-4-16(5-9-18)3-2-12-21/h6-7,10-11,15-16,18,22H,2-5,8-9,12-14H2,1H3. The smallest absolute Gasteiger partial charge is 0.311 e. The SMILES string of the molecule is CC(CO)C(=O)OCc1ccc(C2CCC(CCCF)CC2)cc1. The number of aliphatic hydroxyl groups is 1. The van der Waals surface area contributed by atoms with Crippen LogP contribution in [0.2, 0.25) is 0 Å². The second-order valence-corrected chi connectivity index (χ2v) is 6.98. The number of ether oxygens (including phenoxy) is 1. The number of halogens is 1. The summed E-state index contributed by atoms with van der Waals surface area (Å²) in [6.45, 7) is 1.52.